The maximum Gasteiger partial charge on any atom is 0.240 e. The van der Waals surface area contributed by atoms with Crippen molar-refractivity contribution in [1.82, 2.24) is 5.32 Å². The molecule has 2 aliphatic rings. The maximum atomic E-state index is 11.7. The van der Waals surface area contributed by atoms with Gasteiger partial charge in [-0.25, -0.2) is 0 Å². The highest BCUT2D eigenvalue weighted by atomic mass is 35.5. The monoisotopic (exact) mass is 262 g/mol. The largest absolute Gasteiger partial charge is 0.378 e. The van der Waals surface area contributed by atoms with Crippen molar-refractivity contribution in [2.24, 2.45) is 5.73 Å². The number of ether oxygens (including phenoxy) is 1. The predicted molar refractivity (Wildman–Crippen MR) is 69.2 cm³/mol. The Balaban J connectivity index is 0.00000144. The number of hydrogen-bond donors (Lipinski definition) is 2. The van der Waals surface area contributed by atoms with E-state index in [-0.39, 0.29) is 18.3 Å². The van der Waals surface area contributed by atoms with Gasteiger partial charge in [0.05, 0.1) is 11.6 Å². The van der Waals surface area contributed by atoms with E-state index < -0.39 is 5.54 Å². The smallest absolute Gasteiger partial charge is 0.240 e. The van der Waals surface area contributed by atoms with Gasteiger partial charge in [0.2, 0.25) is 5.91 Å². The Morgan fingerprint density at radius 3 is 2.65 bits per heavy atom. The first-order valence-electron chi connectivity index (χ1n) is 6.39. The van der Waals surface area contributed by atoms with Crippen molar-refractivity contribution in [2.75, 3.05) is 13.2 Å². The summed E-state index contributed by atoms with van der Waals surface area (Å²) < 4.78 is 5.60. The predicted octanol–water partition coefficient (Wildman–Crippen LogP) is 1.36. The van der Waals surface area contributed by atoms with Gasteiger partial charge in [-0.15, -0.1) is 12.4 Å². The number of amides is 1. The van der Waals surface area contributed by atoms with E-state index in [1.807, 2.05) is 0 Å². The van der Waals surface area contributed by atoms with Crippen LogP contribution in [0.25, 0.3) is 0 Å². The summed E-state index contributed by atoms with van der Waals surface area (Å²) in [4.78, 5) is 11.7. The molecule has 0 aromatic carbocycles. The highest BCUT2D eigenvalue weighted by Crippen LogP contribution is 2.29. The molecule has 2 fully saturated rings. The molecular weight excluding hydrogens is 240 g/mol. The average Bonchev–Trinajstić information content (AvgIpc) is 2.27. The Bertz CT molecular complexity index is 251. The van der Waals surface area contributed by atoms with Crippen molar-refractivity contribution in [3.8, 4) is 0 Å². The molecular formula is C12H23ClN2O2. The van der Waals surface area contributed by atoms with Crippen LogP contribution in [0.3, 0.4) is 0 Å². The fourth-order valence-electron chi connectivity index (χ4n) is 2.34. The molecule has 2 rings (SSSR count). The van der Waals surface area contributed by atoms with E-state index in [9.17, 15) is 4.79 Å². The van der Waals surface area contributed by atoms with Crippen molar-refractivity contribution in [1.29, 1.82) is 0 Å². The first-order chi connectivity index (χ1) is 7.71. The second kappa shape index (κ2) is 6.57. The summed E-state index contributed by atoms with van der Waals surface area (Å²) >= 11 is 0. The topological polar surface area (TPSA) is 64.4 Å². The van der Waals surface area contributed by atoms with Gasteiger partial charge in [0.25, 0.3) is 0 Å². The molecule has 0 aromatic heterocycles. The molecule has 0 spiro atoms. The quantitative estimate of drug-likeness (QED) is 0.804. The molecule has 1 aliphatic heterocycles. The van der Waals surface area contributed by atoms with Crippen LogP contribution in [-0.2, 0) is 9.53 Å². The molecule has 4 nitrogen and oxygen atoms in total. The van der Waals surface area contributed by atoms with Crippen molar-refractivity contribution in [3.05, 3.63) is 0 Å². The summed E-state index contributed by atoms with van der Waals surface area (Å²) in [7, 11) is 0. The summed E-state index contributed by atoms with van der Waals surface area (Å²) in [6.45, 7) is 1.57. The molecule has 0 bridgehead atoms. The van der Waals surface area contributed by atoms with Gasteiger partial charge in [0, 0.05) is 13.2 Å². The third-order valence-electron chi connectivity index (χ3n) is 3.72. The fraction of sp³-hybridized carbons (Fsp3) is 0.917. The van der Waals surface area contributed by atoms with Gasteiger partial charge in [-0.05, 0) is 44.9 Å². The molecule has 1 atom stereocenters. The number of carbonyl (C=O) groups is 1. The highest BCUT2D eigenvalue weighted by Gasteiger charge is 2.39. The second-order valence-electron chi connectivity index (χ2n) is 5.04. The number of hydrogen-bond acceptors (Lipinski definition) is 3. The van der Waals surface area contributed by atoms with Gasteiger partial charge >= 0.3 is 0 Å². The van der Waals surface area contributed by atoms with Gasteiger partial charge in [-0.2, -0.15) is 0 Å². The van der Waals surface area contributed by atoms with Gasteiger partial charge in [0.15, 0.2) is 0 Å². The minimum absolute atomic E-state index is 0. The van der Waals surface area contributed by atoms with Gasteiger partial charge in [-0.3, -0.25) is 4.79 Å². The zero-order valence-corrected chi connectivity index (χ0v) is 11.1. The zero-order chi connectivity index (χ0) is 11.4. The van der Waals surface area contributed by atoms with E-state index in [4.69, 9.17) is 10.5 Å². The van der Waals surface area contributed by atoms with E-state index in [1.54, 1.807) is 0 Å². The summed E-state index contributed by atoms with van der Waals surface area (Å²) in [5.41, 5.74) is 5.36. The third-order valence-corrected chi connectivity index (χ3v) is 3.72. The Labute approximate surface area is 109 Å². The van der Waals surface area contributed by atoms with E-state index in [0.717, 1.165) is 38.7 Å². The average molecular weight is 263 g/mol. The SMILES string of the molecule is Cl.NC1(C(=O)NCCC2CCCCO2)CCC1. The Morgan fingerprint density at radius 1 is 1.35 bits per heavy atom. The Kier molecular flexibility index (Phi) is 5.70. The summed E-state index contributed by atoms with van der Waals surface area (Å²) in [5, 5.41) is 2.93. The molecule has 1 heterocycles. The molecule has 1 saturated carbocycles. The molecule has 1 unspecified atom stereocenters. The lowest BCUT2D eigenvalue weighted by molar-refractivity contribution is -0.129. The van der Waals surface area contributed by atoms with E-state index in [2.05, 4.69) is 5.32 Å². The van der Waals surface area contributed by atoms with Gasteiger partial charge in [-0.1, -0.05) is 0 Å². The third kappa shape index (κ3) is 3.83. The number of nitrogens with two attached hydrogens (primary N) is 1. The van der Waals surface area contributed by atoms with Crippen molar-refractivity contribution in [2.45, 2.75) is 56.6 Å². The van der Waals surface area contributed by atoms with Crippen molar-refractivity contribution in [3.63, 3.8) is 0 Å². The number of rotatable bonds is 4. The lowest BCUT2D eigenvalue weighted by Crippen LogP contribution is -2.58. The molecule has 17 heavy (non-hydrogen) atoms. The summed E-state index contributed by atoms with van der Waals surface area (Å²) in [5.74, 6) is 0.0227. The molecule has 0 aromatic rings. The molecule has 3 N–H and O–H groups in total. The summed E-state index contributed by atoms with van der Waals surface area (Å²) in [6.07, 6.45) is 7.55. The molecule has 5 heteroatoms. The number of carbonyl (C=O) groups excluding carboxylic acids is 1. The van der Waals surface area contributed by atoms with Gasteiger partial charge < -0.3 is 15.8 Å². The first-order valence-corrected chi connectivity index (χ1v) is 6.39. The number of halogens is 1. The van der Waals surface area contributed by atoms with E-state index in [0.29, 0.717) is 12.6 Å². The minimum atomic E-state index is -0.562. The van der Waals surface area contributed by atoms with Crippen LogP contribution >= 0.6 is 12.4 Å². The van der Waals surface area contributed by atoms with Crippen LogP contribution in [0, 0.1) is 0 Å². The fourth-order valence-corrected chi connectivity index (χ4v) is 2.34. The normalized spacial score (nSPS) is 26.5. The highest BCUT2D eigenvalue weighted by molar-refractivity contribution is 5.86. The number of nitrogens with one attached hydrogen (secondary N) is 1. The molecule has 100 valence electrons. The summed E-state index contributed by atoms with van der Waals surface area (Å²) in [6, 6.07) is 0. The molecule has 1 saturated heterocycles. The lowest BCUT2D eigenvalue weighted by atomic mass is 9.77. The lowest BCUT2D eigenvalue weighted by Gasteiger charge is -2.36. The second-order valence-corrected chi connectivity index (χ2v) is 5.04. The molecule has 1 amide bonds. The Morgan fingerprint density at radius 2 is 2.12 bits per heavy atom. The zero-order valence-electron chi connectivity index (χ0n) is 10.2. The molecule has 1 aliphatic carbocycles. The standard InChI is InChI=1S/C12H22N2O2.ClH/c13-12(6-3-7-12)11(15)14-8-5-10-4-1-2-9-16-10;/h10H,1-9,13H2,(H,14,15);1H. The van der Waals surface area contributed by atoms with Crippen LogP contribution in [0.4, 0.5) is 0 Å². The Hall–Kier alpha value is -0.320. The van der Waals surface area contributed by atoms with E-state index >= 15 is 0 Å². The van der Waals surface area contributed by atoms with E-state index in [1.165, 1.54) is 12.8 Å². The van der Waals surface area contributed by atoms with Crippen LogP contribution in [0.2, 0.25) is 0 Å². The van der Waals surface area contributed by atoms with Crippen molar-refractivity contribution >= 4 is 18.3 Å². The first kappa shape index (κ1) is 14.7. The molecule has 0 radical (unpaired) electrons. The van der Waals surface area contributed by atoms with Crippen LogP contribution in [0.5, 0.6) is 0 Å². The van der Waals surface area contributed by atoms with Gasteiger partial charge in [0.1, 0.15) is 0 Å². The maximum absolute atomic E-state index is 11.7. The van der Waals surface area contributed by atoms with Crippen LogP contribution in [-0.4, -0.2) is 30.7 Å². The van der Waals surface area contributed by atoms with Crippen LogP contribution in [0.15, 0.2) is 0 Å². The minimum Gasteiger partial charge on any atom is -0.378 e. The van der Waals surface area contributed by atoms with Crippen LogP contribution in [0.1, 0.15) is 44.9 Å². The van der Waals surface area contributed by atoms with Crippen molar-refractivity contribution < 1.29 is 9.53 Å². The van der Waals surface area contributed by atoms with Crippen LogP contribution < -0.4 is 11.1 Å².